The van der Waals surface area contributed by atoms with E-state index < -0.39 is 11.7 Å². The lowest BCUT2D eigenvalue weighted by Crippen LogP contribution is -2.41. The Labute approximate surface area is 197 Å². The molecule has 1 amide bonds. The van der Waals surface area contributed by atoms with Gasteiger partial charge in [0.25, 0.3) is 0 Å². The van der Waals surface area contributed by atoms with Crippen molar-refractivity contribution in [3.05, 3.63) is 62.5 Å². The molecule has 0 atom stereocenters. The van der Waals surface area contributed by atoms with Gasteiger partial charge in [0.2, 0.25) is 0 Å². The largest absolute Gasteiger partial charge is 0.334 e. The maximum Gasteiger partial charge on any atom is 0.334 e. The average Bonchev–Trinajstić information content (AvgIpc) is 3.03. The molecular formula is C23H29Cl2N5O2. The molecule has 0 aliphatic rings. The normalized spacial score (nSPS) is 11.8. The number of amides is 1. The van der Waals surface area contributed by atoms with Crippen LogP contribution >= 0.6 is 23.2 Å². The maximum atomic E-state index is 12.7. The van der Waals surface area contributed by atoms with Crippen molar-refractivity contribution in [1.29, 1.82) is 0 Å². The van der Waals surface area contributed by atoms with Crippen LogP contribution < -0.4 is 16.3 Å². The Morgan fingerprint density at radius 3 is 2.31 bits per heavy atom. The Morgan fingerprint density at radius 1 is 1.06 bits per heavy atom. The summed E-state index contributed by atoms with van der Waals surface area (Å²) in [5.41, 5.74) is 1.93. The topological polar surface area (TPSA) is 82.2 Å². The Morgan fingerprint density at radius 2 is 1.69 bits per heavy atom. The van der Waals surface area contributed by atoms with E-state index in [2.05, 4.69) is 48.2 Å². The minimum atomic E-state index is -0.576. The minimum Gasteiger partial charge on any atom is -0.311 e. The second kappa shape index (κ2) is 10.5. The monoisotopic (exact) mass is 477 g/mol. The van der Waals surface area contributed by atoms with Crippen LogP contribution in [0.25, 0.3) is 11.0 Å². The van der Waals surface area contributed by atoms with Gasteiger partial charge in [0.15, 0.2) is 0 Å². The summed E-state index contributed by atoms with van der Waals surface area (Å²) in [6.45, 7) is 11.5. The van der Waals surface area contributed by atoms with Crippen LogP contribution in [0.5, 0.6) is 0 Å². The number of aromatic amines is 1. The lowest BCUT2D eigenvalue weighted by molar-refractivity contribution is 0.176. The van der Waals surface area contributed by atoms with Crippen molar-refractivity contribution in [2.24, 2.45) is 0 Å². The van der Waals surface area contributed by atoms with Crippen LogP contribution in [0, 0.1) is 0 Å². The van der Waals surface area contributed by atoms with Gasteiger partial charge >= 0.3 is 11.7 Å². The summed E-state index contributed by atoms with van der Waals surface area (Å²) in [5.74, 6) is 0. The van der Waals surface area contributed by atoms with Gasteiger partial charge in [-0.15, -0.1) is 0 Å². The molecule has 0 saturated carbocycles. The van der Waals surface area contributed by atoms with Crippen LogP contribution in [0.4, 0.5) is 10.5 Å². The van der Waals surface area contributed by atoms with E-state index in [1.54, 1.807) is 0 Å². The number of hydrogen-bond donors (Lipinski definition) is 3. The third-order valence-corrected chi connectivity index (χ3v) is 6.06. The molecule has 172 valence electrons. The van der Waals surface area contributed by atoms with Gasteiger partial charge in [-0.25, -0.2) is 14.2 Å². The van der Waals surface area contributed by atoms with E-state index in [-0.39, 0.29) is 5.02 Å². The third-order valence-electron chi connectivity index (χ3n) is 5.33. The van der Waals surface area contributed by atoms with Gasteiger partial charge in [0.05, 0.1) is 21.1 Å². The third kappa shape index (κ3) is 5.72. The highest BCUT2D eigenvalue weighted by molar-refractivity contribution is 6.42. The second-order valence-corrected chi connectivity index (χ2v) is 9.09. The number of rotatable bonds is 8. The first kappa shape index (κ1) is 24.3. The summed E-state index contributed by atoms with van der Waals surface area (Å²) in [6, 6.07) is 11.0. The first-order valence-electron chi connectivity index (χ1n) is 10.6. The fraction of sp³-hybridized carbons (Fsp3) is 0.391. The second-order valence-electron chi connectivity index (χ2n) is 8.28. The van der Waals surface area contributed by atoms with E-state index in [1.165, 1.54) is 12.1 Å². The number of anilines is 1. The van der Waals surface area contributed by atoms with Crippen molar-refractivity contribution in [3.8, 4) is 0 Å². The molecule has 0 radical (unpaired) electrons. The van der Waals surface area contributed by atoms with Gasteiger partial charge in [-0.2, -0.15) is 0 Å². The molecule has 2 aromatic carbocycles. The molecule has 7 nitrogen and oxygen atoms in total. The fourth-order valence-electron chi connectivity index (χ4n) is 3.74. The van der Waals surface area contributed by atoms with Crippen LogP contribution in [0.3, 0.4) is 0 Å². The van der Waals surface area contributed by atoms with E-state index in [1.807, 2.05) is 24.3 Å². The molecule has 0 spiro atoms. The van der Waals surface area contributed by atoms with Crippen LogP contribution in [0.15, 0.2) is 41.2 Å². The van der Waals surface area contributed by atoms with Crippen LogP contribution in [0.2, 0.25) is 10.0 Å². The number of halogens is 2. The Balaban J connectivity index is 1.60. The highest BCUT2D eigenvalue weighted by atomic mass is 35.5. The number of fused-ring (bicyclic) bond motifs is 1. The van der Waals surface area contributed by atoms with Crippen molar-refractivity contribution in [1.82, 2.24) is 19.8 Å². The van der Waals surface area contributed by atoms with E-state index in [9.17, 15) is 9.59 Å². The Kier molecular flexibility index (Phi) is 8.00. The number of carbonyl (C=O) groups is 1. The molecule has 0 bridgehead atoms. The molecule has 0 saturated heterocycles. The standard InChI is InChI=1S/C23H29Cl2N5O2/c1-14(2)29(15(3)4)10-9-26-13-16-5-7-17(8-6-16)27-22(31)30-21-12-19(25)18(24)11-20(21)28-23(30)32/h5-8,11-12,14-15,26H,9-10,13H2,1-4H3,(H,27,31)(H,28,32). The number of nitrogens with one attached hydrogen (secondary N) is 3. The summed E-state index contributed by atoms with van der Waals surface area (Å²) < 4.78 is 1.00. The van der Waals surface area contributed by atoms with E-state index in [0.29, 0.717) is 33.8 Å². The van der Waals surface area contributed by atoms with Crippen molar-refractivity contribution in [3.63, 3.8) is 0 Å². The molecule has 3 aromatic rings. The molecule has 9 heteroatoms. The summed E-state index contributed by atoms with van der Waals surface area (Å²) >= 11 is 12.0. The Hall–Kier alpha value is -2.32. The number of H-pyrrole nitrogens is 1. The number of carbonyl (C=O) groups excluding carboxylic acids is 1. The highest BCUT2D eigenvalue weighted by Crippen LogP contribution is 2.26. The fourth-order valence-corrected chi connectivity index (χ4v) is 4.06. The first-order valence-corrected chi connectivity index (χ1v) is 11.4. The molecular weight excluding hydrogens is 449 g/mol. The molecule has 1 heterocycles. The molecule has 1 aromatic heterocycles. The highest BCUT2D eigenvalue weighted by Gasteiger charge is 2.16. The summed E-state index contributed by atoms with van der Waals surface area (Å²) in [5, 5.41) is 6.78. The van der Waals surface area contributed by atoms with Gasteiger partial charge in [-0.1, -0.05) is 35.3 Å². The molecule has 3 N–H and O–H groups in total. The molecule has 0 unspecified atom stereocenters. The van der Waals surface area contributed by atoms with Crippen molar-refractivity contribution < 1.29 is 4.79 Å². The van der Waals surface area contributed by atoms with Gasteiger partial charge in [-0.05, 0) is 57.5 Å². The van der Waals surface area contributed by atoms with Gasteiger partial charge in [0.1, 0.15) is 0 Å². The number of aromatic nitrogens is 2. The zero-order valence-electron chi connectivity index (χ0n) is 18.7. The SMILES string of the molecule is CC(C)N(CCNCc1ccc(NC(=O)n2c(=O)[nH]c3cc(Cl)c(Cl)cc32)cc1)C(C)C. The molecule has 0 aliphatic carbocycles. The minimum absolute atomic E-state index is 0.265. The lowest BCUT2D eigenvalue weighted by atomic mass is 10.2. The molecule has 0 aliphatic heterocycles. The zero-order chi connectivity index (χ0) is 23.4. The van der Waals surface area contributed by atoms with Gasteiger partial charge in [-0.3, -0.25) is 4.90 Å². The predicted molar refractivity (Wildman–Crippen MR) is 132 cm³/mol. The smallest absolute Gasteiger partial charge is 0.311 e. The molecule has 32 heavy (non-hydrogen) atoms. The van der Waals surface area contributed by atoms with Crippen molar-refractivity contribution in [2.45, 2.75) is 46.3 Å². The molecule has 3 rings (SSSR count). The van der Waals surface area contributed by atoms with Crippen molar-refractivity contribution >= 4 is 46.0 Å². The maximum absolute atomic E-state index is 12.7. The summed E-state index contributed by atoms with van der Waals surface area (Å²) in [7, 11) is 0. The zero-order valence-corrected chi connectivity index (χ0v) is 20.2. The predicted octanol–water partition coefficient (Wildman–Crippen LogP) is 4.93. The summed E-state index contributed by atoms with van der Waals surface area (Å²) in [6.07, 6.45) is 0. The van der Waals surface area contributed by atoms with E-state index in [0.717, 1.165) is 29.8 Å². The number of benzene rings is 2. The number of imidazole rings is 1. The van der Waals surface area contributed by atoms with Crippen LogP contribution in [-0.2, 0) is 6.54 Å². The average molecular weight is 478 g/mol. The van der Waals surface area contributed by atoms with Gasteiger partial charge in [0, 0.05) is 37.4 Å². The Bertz CT molecular complexity index is 1130. The van der Waals surface area contributed by atoms with E-state index in [4.69, 9.17) is 23.2 Å². The quantitative estimate of drug-likeness (QED) is 0.401. The summed E-state index contributed by atoms with van der Waals surface area (Å²) in [4.78, 5) is 30.0. The van der Waals surface area contributed by atoms with Crippen LogP contribution in [0.1, 0.15) is 33.3 Å². The van der Waals surface area contributed by atoms with E-state index >= 15 is 0 Å². The number of nitrogens with zero attached hydrogens (tertiary/aromatic N) is 2. The van der Waals surface area contributed by atoms with Crippen LogP contribution in [-0.4, -0.2) is 45.7 Å². The van der Waals surface area contributed by atoms with Crippen molar-refractivity contribution in [2.75, 3.05) is 18.4 Å². The first-order chi connectivity index (χ1) is 15.2. The van der Waals surface area contributed by atoms with Gasteiger partial charge < -0.3 is 15.6 Å². The lowest BCUT2D eigenvalue weighted by Gasteiger charge is -2.30. The molecule has 0 fully saturated rings. The number of hydrogen-bond acceptors (Lipinski definition) is 4.